The Morgan fingerprint density at radius 2 is 1.47 bits per heavy atom. The van der Waals surface area contributed by atoms with Crippen LogP contribution in [0.3, 0.4) is 0 Å². The van der Waals surface area contributed by atoms with Crippen molar-refractivity contribution in [3.8, 4) is 40.1 Å². The van der Waals surface area contributed by atoms with Gasteiger partial charge in [-0.15, -0.1) is 0 Å². The van der Waals surface area contributed by atoms with E-state index in [1.54, 1.807) is 0 Å². The number of esters is 1. The second-order valence-corrected chi connectivity index (χ2v) is 11.2. The van der Waals surface area contributed by atoms with Gasteiger partial charge in [0.15, 0.2) is 23.4 Å². The van der Waals surface area contributed by atoms with Crippen LogP contribution in [-0.4, -0.2) is 126 Å². The summed E-state index contributed by atoms with van der Waals surface area (Å²) in [4.78, 5) is 25.7. The number of carbonyl (C=O) groups is 1. The number of hydrogen-bond donors (Lipinski definition) is 9. The van der Waals surface area contributed by atoms with Crippen LogP contribution in [0.25, 0.3) is 22.3 Å². The highest BCUT2D eigenvalue weighted by molar-refractivity contribution is 5.88. The molecule has 2 aliphatic rings. The van der Waals surface area contributed by atoms with Gasteiger partial charge >= 0.3 is 5.97 Å². The van der Waals surface area contributed by atoms with Crippen molar-refractivity contribution < 1.29 is 78.9 Å². The maximum atomic E-state index is 13.8. The summed E-state index contributed by atoms with van der Waals surface area (Å²) in [6.07, 6.45) is -15.0. The van der Waals surface area contributed by atoms with E-state index in [4.69, 9.17) is 28.1 Å². The Balaban J connectivity index is 1.48. The van der Waals surface area contributed by atoms with E-state index < -0.39 is 119 Å². The Labute approximate surface area is 264 Å². The van der Waals surface area contributed by atoms with Gasteiger partial charge in [-0.25, -0.2) is 0 Å². The van der Waals surface area contributed by atoms with E-state index in [0.29, 0.717) is 0 Å². The Hall–Kier alpha value is -4.20. The first-order valence-corrected chi connectivity index (χ1v) is 14.4. The Kier molecular flexibility index (Phi) is 9.81. The van der Waals surface area contributed by atoms with Crippen molar-refractivity contribution in [1.29, 1.82) is 0 Å². The van der Waals surface area contributed by atoms with Gasteiger partial charge in [-0.2, -0.15) is 0 Å². The van der Waals surface area contributed by atoms with Crippen molar-refractivity contribution in [3.63, 3.8) is 0 Å². The van der Waals surface area contributed by atoms with Gasteiger partial charge in [0.25, 0.3) is 0 Å². The molecule has 5 rings (SSSR count). The van der Waals surface area contributed by atoms with Gasteiger partial charge in [-0.3, -0.25) is 9.59 Å². The fourth-order valence-corrected chi connectivity index (χ4v) is 5.38. The van der Waals surface area contributed by atoms with E-state index in [1.807, 2.05) is 0 Å². The smallest absolute Gasteiger partial charge is 0.303 e. The summed E-state index contributed by atoms with van der Waals surface area (Å²) >= 11 is 0. The topological polar surface area (TPSA) is 275 Å². The first-order chi connectivity index (χ1) is 22.2. The van der Waals surface area contributed by atoms with Crippen LogP contribution in [0.5, 0.6) is 28.7 Å². The molecule has 10 atom stereocenters. The average Bonchev–Trinajstić information content (AvgIpc) is 3.00. The molecule has 0 saturated carbocycles. The summed E-state index contributed by atoms with van der Waals surface area (Å²) in [5.74, 6) is -4.28. The quantitative estimate of drug-likeness (QED) is 0.102. The number of fused-ring (bicyclic) bond motifs is 1. The number of aliphatic hydroxyl groups is 5. The Morgan fingerprint density at radius 3 is 2.13 bits per heavy atom. The molecule has 4 unspecified atom stereocenters. The summed E-state index contributed by atoms with van der Waals surface area (Å²) in [5.41, 5.74) is -1.36. The molecule has 17 heteroatoms. The van der Waals surface area contributed by atoms with E-state index in [9.17, 15) is 55.5 Å². The minimum Gasteiger partial charge on any atom is -0.508 e. The summed E-state index contributed by atoms with van der Waals surface area (Å²) in [7, 11) is 0. The molecule has 47 heavy (non-hydrogen) atoms. The normalized spacial score (nSPS) is 31.0. The zero-order valence-electron chi connectivity index (χ0n) is 24.9. The third kappa shape index (κ3) is 6.78. The number of hydrogen-bond acceptors (Lipinski definition) is 17. The van der Waals surface area contributed by atoms with Gasteiger partial charge in [-0.05, 0) is 25.1 Å². The van der Waals surface area contributed by atoms with E-state index in [-0.39, 0.29) is 17.8 Å². The largest absolute Gasteiger partial charge is 0.508 e. The van der Waals surface area contributed by atoms with Gasteiger partial charge in [0.2, 0.25) is 17.5 Å². The van der Waals surface area contributed by atoms with Crippen LogP contribution in [0.1, 0.15) is 13.8 Å². The van der Waals surface area contributed by atoms with Gasteiger partial charge in [0.1, 0.15) is 65.2 Å². The molecule has 2 saturated heterocycles. The summed E-state index contributed by atoms with van der Waals surface area (Å²) in [6, 6.07) is 5.25. The number of benzene rings is 2. The molecule has 9 N–H and O–H groups in total. The molecule has 2 aromatic carbocycles. The molecule has 3 aromatic rings. The molecule has 17 nitrogen and oxygen atoms in total. The minimum atomic E-state index is -1.88. The second-order valence-electron chi connectivity index (χ2n) is 11.2. The third-order valence-electron chi connectivity index (χ3n) is 7.85. The average molecular weight is 667 g/mol. The van der Waals surface area contributed by atoms with Crippen molar-refractivity contribution in [2.75, 3.05) is 13.2 Å². The number of ether oxygens (including phenoxy) is 5. The highest BCUT2D eigenvalue weighted by Gasteiger charge is 2.49. The number of aliphatic hydroxyl groups excluding tert-OH is 5. The van der Waals surface area contributed by atoms with Crippen molar-refractivity contribution in [3.05, 3.63) is 40.6 Å². The maximum absolute atomic E-state index is 13.8. The SMILES string of the molecule is CC(=O)OC1[C@H](Oc2c(-c3ccc(O)c(O)c3)oc3cc(O)cc(O)c3c2=O)OC(COC[C@@H]2OC(C)[C@H](O)[C@H](O)C2O)[C@@H](O)[C@H]1O. The van der Waals surface area contributed by atoms with Gasteiger partial charge in [0.05, 0.1) is 19.3 Å². The molecule has 3 heterocycles. The molecule has 0 amide bonds. The zero-order chi connectivity index (χ0) is 34.3. The van der Waals surface area contributed by atoms with Crippen LogP contribution in [0.15, 0.2) is 39.5 Å². The van der Waals surface area contributed by atoms with Gasteiger partial charge in [0, 0.05) is 24.6 Å². The first-order valence-electron chi connectivity index (χ1n) is 14.4. The molecular weight excluding hydrogens is 632 g/mol. The molecular formula is C30H34O17. The van der Waals surface area contributed by atoms with Crippen LogP contribution in [0.2, 0.25) is 0 Å². The standard InChI is InChI=1S/C30H34O17/c1-10-21(36)25(40)22(37)18(43-10)8-42-9-19-23(38)26(41)29(44-11(2)31)30(46-19)47-28-24(39)20-16(35)6-13(32)7-17(20)45-27(28)12-3-4-14(33)15(34)5-12/h3-7,10,18-19,21-23,25-26,29-30,32-38,40-41H,8-9H2,1-2H3/t10?,18-,19?,21-,22?,23+,25-,26+,29?,30-/m0/s1. The maximum Gasteiger partial charge on any atom is 0.303 e. The van der Waals surface area contributed by atoms with Crippen molar-refractivity contribution in [2.24, 2.45) is 0 Å². The van der Waals surface area contributed by atoms with Gasteiger partial charge in [-0.1, -0.05) is 0 Å². The minimum absolute atomic E-state index is 0.0370. The molecule has 1 aromatic heterocycles. The monoisotopic (exact) mass is 666 g/mol. The summed E-state index contributed by atoms with van der Waals surface area (Å²) < 4.78 is 33.7. The lowest BCUT2D eigenvalue weighted by molar-refractivity contribution is -0.286. The fraction of sp³-hybridized carbons (Fsp3) is 0.467. The Bertz CT molecular complexity index is 1670. The molecule has 2 fully saturated rings. The van der Waals surface area contributed by atoms with Crippen LogP contribution >= 0.6 is 0 Å². The third-order valence-corrected chi connectivity index (χ3v) is 7.85. The summed E-state index contributed by atoms with van der Waals surface area (Å²) in [6.45, 7) is 1.64. The molecule has 0 spiro atoms. The second kappa shape index (κ2) is 13.5. The lowest BCUT2D eigenvalue weighted by atomic mass is 9.96. The predicted molar refractivity (Wildman–Crippen MR) is 155 cm³/mol. The zero-order valence-corrected chi connectivity index (χ0v) is 24.9. The highest BCUT2D eigenvalue weighted by Crippen LogP contribution is 2.39. The van der Waals surface area contributed by atoms with Crippen molar-refractivity contribution >= 4 is 16.9 Å². The molecule has 0 bridgehead atoms. The molecule has 0 radical (unpaired) electrons. The van der Waals surface area contributed by atoms with Crippen LogP contribution < -0.4 is 10.2 Å². The number of carbonyl (C=O) groups excluding carboxylic acids is 1. The lowest BCUT2D eigenvalue weighted by Crippen LogP contribution is -2.62. The predicted octanol–water partition coefficient (Wildman–Crippen LogP) is -1.07. The number of phenolic OH excluding ortho intramolecular Hbond substituents is 4. The first kappa shape index (κ1) is 34.1. The van der Waals surface area contributed by atoms with Crippen molar-refractivity contribution in [1.82, 2.24) is 0 Å². The molecule has 2 aliphatic heterocycles. The number of aromatic hydroxyl groups is 4. The van der Waals surface area contributed by atoms with E-state index in [1.165, 1.54) is 13.0 Å². The van der Waals surface area contributed by atoms with Crippen LogP contribution in [-0.2, 0) is 23.7 Å². The molecule has 0 aliphatic carbocycles. The summed E-state index contributed by atoms with van der Waals surface area (Å²) in [5, 5.41) is 91.9. The lowest BCUT2D eigenvalue weighted by Gasteiger charge is -2.42. The van der Waals surface area contributed by atoms with Gasteiger partial charge < -0.3 is 74.1 Å². The van der Waals surface area contributed by atoms with E-state index >= 15 is 0 Å². The number of rotatable bonds is 8. The highest BCUT2D eigenvalue weighted by atomic mass is 16.7. The Morgan fingerprint density at radius 1 is 0.809 bits per heavy atom. The number of phenols is 4. The van der Waals surface area contributed by atoms with Crippen LogP contribution in [0.4, 0.5) is 0 Å². The van der Waals surface area contributed by atoms with Crippen LogP contribution in [0, 0.1) is 0 Å². The van der Waals surface area contributed by atoms with E-state index in [2.05, 4.69) is 0 Å². The molecule has 256 valence electrons. The fourth-order valence-electron chi connectivity index (χ4n) is 5.38. The van der Waals surface area contributed by atoms with E-state index in [0.717, 1.165) is 31.2 Å². The van der Waals surface area contributed by atoms with Crippen molar-refractivity contribution in [2.45, 2.75) is 75.1 Å².